The van der Waals surface area contributed by atoms with E-state index < -0.39 is 6.04 Å². The molecule has 2 rings (SSSR count). The maximum absolute atomic E-state index is 11.9. The third kappa shape index (κ3) is 3.51. The summed E-state index contributed by atoms with van der Waals surface area (Å²) in [5, 5.41) is 5.29. The largest absolute Gasteiger partial charge is 0.497 e. The number of nitrogens with one attached hydrogen (secondary N) is 2. The zero-order valence-electron chi connectivity index (χ0n) is 10.4. The second kappa shape index (κ2) is 6.29. The molecule has 19 heavy (non-hydrogen) atoms. The first kappa shape index (κ1) is 15.1. The molecule has 0 aromatic heterocycles. The minimum Gasteiger partial charge on any atom is -0.497 e. The van der Waals surface area contributed by atoms with E-state index in [4.69, 9.17) is 10.5 Å². The Hall–Kier alpha value is -1.95. The first-order valence-corrected chi connectivity index (χ1v) is 5.64. The smallest absolute Gasteiger partial charge is 0.247 e. The van der Waals surface area contributed by atoms with Crippen LogP contribution in [0.1, 0.15) is 12.8 Å². The first-order chi connectivity index (χ1) is 8.60. The van der Waals surface area contributed by atoms with Crippen molar-refractivity contribution in [2.75, 3.05) is 18.2 Å². The Balaban J connectivity index is 0.00000180. The van der Waals surface area contributed by atoms with Crippen LogP contribution < -0.4 is 21.1 Å². The van der Waals surface area contributed by atoms with Crippen molar-refractivity contribution in [2.45, 2.75) is 18.9 Å². The molecular weight excluding hydrogens is 270 g/mol. The fourth-order valence-electron chi connectivity index (χ4n) is 1.80. The molecule has 0 saturated carbocycles. The Morgan fingerprint density at radius 1 is 1.53 bits per heavy atom. The molecule has 1 saturated heterocycles. The molecule has 1 aliphatic heterocycles. The molecule has 2 amide bonds. The van der Waals surface area contributed by atoms with E-state index in [0.717, 1.165) is 0 Å². The van der Waals surface area contributed by atoms with Gasteiger partial charge in [-0.2, -0.15) is 0 Å². The summed E-state index contributed by atoms with van der Waals surface area (Å²) in [5.74, 6) is 0.240. The van der Waals surface area contributed by atoms with Gasteiger partial charge in [-0.05, 0) is 18.6 Å². The number of methoxy groups -OCH3 is 1. The summed E-state index contributed by atoms with van der Waals surface area (Å²) in [6.45, 7) is 0. The summed E-state index contributed by atoms with van der Waals surface area (Å²) < 4.78 is 5.06. The summed E-state index contributed by atoms with van der Waals surface area (Å²) in [6.07, 6.45) is 0.889. The summed E-state index contributed by atoms with van der Waals surface area (Å²) >= 11 is 0. The van der Waals surface area contributed by atoms with Crippen molar-refractivity contribution in [3.05, 3.63) is 18.2 Å². The zero-order chi connectivity index (χ0) is 13.1. The van der Waals surface area contributed by atoms with E-state index in [1.165, 1.54) is 7.11 Å². The number of hydrogen-bond acceptors (Lipinski definition) is 4. The minimum atomic E-state index is -0.483. The van der Waals surface area contributed by atoms with Crippen LogP contribution in [0.5, 0.6) is 5.75 Å². The maximum Gasteiger partial charge on any atom is 0.247 e. The molecule has 1 unspecified atom stereocenters. The van der Waals surface area contributed by atoms with Crippen LogP contribution in [-0.2, 0) is 9.59 Å². The van der Waals surface area contributed by atoms with E-state index in [1.54, 1.807) is 18.2 Å². The molecule has 6 nitrogen and oxygen atoms in total. The Morgan fingerprint density at radius 2 is 2.26 bits per heavy atom. The fourth-order valence-corrected chi connectivity index (χ4v) is 1.80. The normalized spacial score (nSPS) is 17.3. The van der Waals surface area contributed by atoms with Gasteiger partial charge in [-0.3, -0.25) is 9.59 Å². The molecule has 1 aliphatic rings. The third-order valence-electron chi connectivity index (χ3n) is 2.83. The quantitative estimate of drug-likeness (QED) is 0.720. The van der Waals surface area contributed by atoms with Crippen LogP contribution in [0.25, 0.3) is 0 Å². The molecule has 0 spiro atoms. The van der Waals surface area contributed by atoms with Gasteiger partial charge in [0.05, 0.1) is 18.5 Å². The van der Waals surface area contributed by atoms with Gasteiger partial charge in [0.1, 0.15) is 11.8 Å². The molecular formula is C12H16ClN3O3. The Labute approximate surface area is 117 Å². The molecule has 1 aromatic carbocycles. The van der Waals surface area contributed by atoms with Crippen molar-refractivity contribution in [3.8, 4) is 5.75 Å². The zero-order valence-corrected chi connectivity index (χ0v) is 11.3. The van der Waals surface area contributed by atoms with Crippen molar-refractivity contribution in [3.63, 3.8) is 0 Å². The number of anilines is 2. The molecule has 0 aliphatic carbocycles. The summed E-state index contributed by atoms with van der Waals surface area (Å²) in [7, 11) is 1.54. The highest BCUT2D eigenvalue weighted by molar-refractivity contribution is 6.00. The molecule has 104 valence electrons. The van der Waals surface area contributed by atoms with Gasteiger partial charge in [0.25, 0.3) is 0 Å². The lowest BCUT2D eigenvalue weighted by atomic mass is 10.2. The number of benzene rings is 1. The van der Waals surface area contributed by atoms with Gasteiger partial charge in [-0.1, -0.05) is 0 Å². The van der Waals surface area contributed by atoms with Gasteiger partial charge in [0.15, 0.2) is 0 Å². The standard InChI is InChI=1S/C12H15N3O3.ClH/c1-18-7-2-3-8(13)10(6-7)15-12(17)9-4-5-11(16)14-9;/h2-3,6,9H,4-5,13H2,1H3,(H,14,16)(H,15,17);1H. The predicted molar refractivity (Wildman–Crippen MR) is 74.4 cm³/mol. The predicted octanol–water partition coefficient (Wildman–Crippen LogP) is 0.916. The Morgan fingerprint density at radius 3 is 2.84 bits per heavy atom. The highest BCUT2D eigenvalue weighted by Crippen LogP contribution is 2.24. The lowest BCUT2D eigenvalue weighted by Gasteiger charge is -2.13. The van der Waals surface area contributed by atoms with E-state index in [9.17, 15) is 9.59 Å². The van der Waals surface area contributed by atoms with Crippen molar-refractivity contribution < 1.29 is 14.3 Å². The van der Waals surface area contributed by atoms with Crippen LogP contribution in [-0.4, -0.2) is 25.0 Å². The van der Waals surface area contributed by atoms with E-state index in [-0.39, 0.29) is 24.2 Å². The number of nitrogens with two attached hydrogens (primary N) is 1. The number of halogens is 1. The summed E-state index contributed by atoms with van der Waals surface area (Å²) in [5.41, 5.74) is 6.70. The first-order valence-electron chi connectivity index (χ1n) is 5.64. The lowest BCUT2D eigenvalue weighted by Crippen LogP contribution is -2.37. The number of carbonyl (C=O) groups excluding carboxylic acids is 2. The van der Waals surface area contributed by atoms with E-state index >= 15 is 0 Å². The van der Waals surface area contributed by atoms with Gasteiger partial charge in [-0.25, -0.2) is 0 Å². The van der Waals surface area contributed by atoms with Crippen LogP contribution in [0.4, 0.5) is 11.4 Å². The number of rotatable bonds is 3. The monoisotopic (exact) mass is 285 g/mol. The topological polar surface area (TPSA) is 93.4 Å². The number of amides is 2. The Kier molecular flexibility index (Phi) is 5.00. The van der Waals surface area contributed by atoms with Crippen LogP contribution in [0.15, 0.2) is 18.2 Å². The molecule has 1 heterocycles. The van der Waals surface area contributed by atoms with Gasteiger partial charge >= 0.3 is 0 Å². The average Bonchev–Trinajstić information content (AvgIpc) is 2.79. The van der Waals surface area contributed by atoms with Crippen LogP contribution in [0.2, 0.25) is 0 Å². The number of hydrogen-bond donors (Lipinski definition) is 3. The second-order valence-corrected chi connectivity index (χ2v) is 4.10. The molecule has 1 aromatic rings. The molecule has 1 atom stereocenters. The van der Waals surface area contributed by atoms with E-state index in [2.05, 4.69) is 10.6 Å². The van der Waals surface area contributed by atoms with Crippen LogP contribution >= 0.6 is 12.4 Å². The molecule has 0 radical (unpaired) electrons. The number of nitrogen functional groups attached to an aromatic ring is 1. The van der Waals surface area contributed by atoms with Crippen LogP contribution in [0.3, 0.4) is 0 Å². The second-order valence-electron chi connectivity index (χ2n) is 4.10. The maximum atomic E-state index is 11.9. The molecule has 0 bridgehead atoms. The Bertz CT molecular complexity index is 493. The van der Waals surface area contributed by atoms with Crippen LogP contribution in [0, 0.1) is 0 Å². The number of carbonyl (C=O) groups is 2. The highest BCUT2D eigenvalue weighted by Gasteiger charge is 2.27. The van der Waals surface area contributed by atoms with E-state index in [1.807, 2.05) is 0 Å². The molecule has 4 N–H and O–H groups in total. The van der Waals surface area contributed by atoms with Crippen molar-refractivity contribution >= 4 is 35.6 Å². The molecule has 1 fully saturated rings. The summed E-state index contributed by atoms with van der Waals surface area (Å²) in [6, 6.07) is 4.52. The van der Waals surface area contributed by atoms with Gasteiger partial charge in [0, 0.05) is 12.5 Å². The highest BCUT2D eigenvalue weighted by atomic mass is 35.5. The van der Waals surface area contributed by atoms with Gasteiger partial charge in [0.2, 0.25) is 11.8 Å². The average molecular weight is 286 g/mol. The van der Waals surface area contributed by atoms with Gasteiger partial charge in [-0.15, -0.1) is 12.4 Å². The van der Waals surface area contributed by atoms with Gasteiger partial charge < -0.3 is 21.1 Å². The van der Waals surface area contributed by atoms with Crippen molar-refractivity contribution in [1.29, 1.82) is 0 Å². The minimum absolute atomic E-state index is 0. The SMILES string of the molecule is COc1ccc(N)c(NC(=O)C2CCC(=O)N2)c1.Cl. The summed E-state index contributed by atoms with van der Waals surface area (Å²) in [4.78, 5) is 22.9. The van der Waals surface area contributed by atoms with E-state index in [0.29, 0.717) is 30.0 Å². The van der Waals surface area contributed by atoms with Crippen molar-refractivity contribution in [2.24, 2.45) is 0 Å². The van der Waals surface area contributed by atoms with Crippen molar-refractivity contribution in [1.82, 2.24) is 5.32 Å². The molecule has 7 heteroatoms. The third-order valence-corrected chi connectivity index (χ3v) is 2.83. The lowest BCUT2D eigenvalue weighted by molar-refractivity contribution is -0.122. The fraction of sp³-hybridized carbons (Fsp3) is 0.333. The number of ether oxygens (including phenoxy) is 1.